The van der Waals surface area contributed by atoms with Crippen molar-refractivity contribution in [1.82, 2.24) is 4.90 Å². The Hall–Kier alpha value is -3.84. The maximum Gasteiger partial charge on any atom is 0.262 e. The van der Waals surface area contributed by atoms with Crippen molar-refractivity contribution in [3.63, 3.8) is 0 Å². The number of nitrogens with zero attached hydrogens (tertiary/aromatic N) is 2. The molecule has 0 saturated carbocycles. The van der Waals surface area contributed by atoms with Gasteiger partial charge < -0.3 is 9.47 Å². The van der Waals surface area contributed by atoms with Crippen LogP contribution in [0.4, 0.5) is 5.69 Å². The molecule has 0 spiro atoms. The van der Waals surface area contributed by atoms with Gasteiger partial charge in [-0.05, 0) is 41.8 Å². The second kappa shape index (κ2) is 9.80. The first-order chi connectivity index (χ1) is 17.1. The third-order valence-electron chi connectivity index (χ3n) is 6.39. The lowest BCUT2D eigenvalue weighted by Crippen LogP contribution is -2.36. The van der Waals surface area contributed by atoms with Crippen LogP contribution < -0.4 is 14.5 Å². The second-order valence-corrected chi connectivity index (χ2v) is 8.66. The highest BCUT2D eigenvalue weighted by molar-refractivity contribution is 6.07. The molecule has 0 bridgehead atoms. The molecule has 2 fully saturated rings. The van der Waals surface area contributed by atoms with E-state index < -0.39 is 18.1 Å². The summed E-state index contributed by atoms with van der Waals surface area (Å²) in [6.45, 7) is 2.84. The van der Waals surface area contributed by atoms with Gasteiger partial charge in [0, 0.05) is 0 Å². The van der Waals surface area contributed by atoms with Crippen molar-refractivity contribution in [2.24, 2.45) is 5.92 Å². The number of hydroxylamine groups is 1. The van der Waals surface area contributed by atoms with Gasteiger partial charge in [-0.1, -0.05) is 61.5 Å². The molecule has 5 rings (SSSR count). The highest BCUT2D eigenvalue weighted by atomic mass is 16.7. The van der Waals surface area contributed by atoms with Gasteiger partial charge in [-0.15, -0.1) is 0 Å². The molecule has 3 atom stereocenters. The first-order valence-electron chi connectivity index (χ1n) is 11.8. The van der Waals surface area contributed by atoms with Crippen molar-refractivity contribution < 1.29 is 23.9 Å². The fraction of sp³-hybridized carbons (Fsp3) is 0.286. The van der Waals surface area contributed by atoms with Gasteiger partial charge in [-0.25, -0.2) is 5.06 Å². The molecule has 0 radical (unpaired) electrons. The van der Waals surface area contributed by atoms with E-state index in [2.05, 4.69) is 0 Å². The molecule has 180 valence electrons. The number of rotatable bonds is 8. The third kappa shape index (κ3) is 4.23. The van der Waals surface area contributed by atoms with Gasteiger partial charge in [-0.2, -0.15) is 0 Å². The van der Waals surface area contributed by atoms with Crippen molar-refractivity contribution in [3.8, 4) is 11.5 Å². The molecular weight excluding hydrogens is 444 g/mol. The van der Waals surface area contributed by atoms with Crippen LogP contribution >= 0.6 is 0 Å². The molecule has 2 heterocycles. The molecular formula is C28H28N2O5. The molecule has 7 nitrogen and oxygen atoms in total. The summed E-state index contributed by atoms with van der Waals surface area (Å²) in [5.41, 5.74) is 2.47. The first-order valence-corrected chi connectivity index (χ1v) is 11.8. The van der Waals surface area contributed by atoms with Crippen LogP contribution in [0, 0.1) is 5.92 Å². The lowest BCUT2D eigenvalue weighted by molar-refractivity contribution is -0.143. The van der Waals surface area contributed by atoms with Crippen LogP contribution in [0.5, 0.6) is 11.5 Å². The Morgan fingerprint density at radius 3 is 2.29 bits per heavy atom. The highest BCUT2D eigenvalue weighted by Crippen LogP contribution is 2.48. The molecule has 35 heavy (non-hydrogen) atoms. The van der Waals surface area contributed by atoms with Gasteiger partial charge in [0.1, 0.15) is 5.92 Å². The predicted molar refractivity (Wildman–Crippen MR) is 131 cm³/mol. The summed E-state index contributed by atoms with van der Waals surface area (Å²) in [5, 5.41) is 1.69. The summed E-state index contributed by atoms with van der Waals surface area (Å²) in [4.78, 5) is 34.5. The zero-order chi connectivity index (χ0) is 24.4. The zero-order valence-corrected chi connectivity index (χ0v) is 19.8. The number of para-hydroxylation sites is 1. The van der Waals surface area contributed by atoms with Crippen molar-refractivity contribution in [3.05, 3.63) is 90.0 Å². The SMILES string of the molecule is CCCOc1ccc(C2C3C(=O)N(Cc4ccccc4)C(=O)C3ON2c2ccccc2)cc1OC. The van der Waals surface area contributed by atoms with E-state index in [1.165, 1.54) is 4.90 Å². The van der Waals surface area contributed by atoms with Gasteiger partial charge in [-0.3, -0.25) is 19.3 Å². The fourth-order valence-electron chi connectivity index (χ4n) is 4.73. The Morgan fingerprint density at radius 1 is 0.886 bits per heavy atom. The van der Waals surface area contributed by atoms with Gasteiger partial charge >= 0.3 is 0 Å². The lowest BCUT2D eigenvalue weighted by atomic mass is 9.90. The monoisotopic (exact) mass is 472 g/mol. The van der Waals surface area contributed by atoms with Crippen LogP contribution in [0.15, 0.2) is 78.9 Å². The molecule has 0 aliphatic carbocycles. The van der Waals surface area contributed by atoms with Crippen molar-refractivity contribution in [1.29, 1.82) is 0 Å². The van der Waals surface area contributed by atoms with E-state index in [4.69, 9.17) is 14.3 Å². The summed E-state index contributed by atoms with van der Waals surface area (Å²) >= 11 is 0. The van der Waals surface area contributed by atoms with E-state index in [1.54, 1.807) is 12.2 Å². The predicted octanol–water partition coefficient (Wildman–Crippen LogP) is 4.53. The minimum absolute atomic E-state index is 0.222. The smallest absolute Gasteiger partial charge is 0.262 e. The van der Waals surface area contributed by atoms with Crippen LogP contribution in [0.2, 0.25) is 0 Å². The van der Waals surface area contributed by atoms with Crippen molar-refractivity contribution in [2.75, 3.05) is 18.8 Å². The van der Waals surface area contributed by atoms with Gasteiger partial charge in [0.2, 0.25) is 5.91 Å². The summed E-state index contributed by atoms with van der Waals surface area (Å²) in [6, 6.07) is 24.2. The van der Waals surface area contributed by atoms with Crippen LogP contribution in [-0.2, 0) is 21.0 Å². The van der Waals surface area contributed by atoms with Gasteiger partial charge in [0.25, 0.3) is 5.91 Å². The zero-order valence-electron chi connectivity index (χ0n) is 19.8. The van der Waals surface area contributed by atoms with E-state index in [-0.39, 0.29) is 18.4 Å². The quantitative estimate of drug-likeness (QED) is 0.449. The normalized spacial score (nSPS) is 21.4. The van der Waals surface area contributed by atoms with Crippen LogP contribution in [-0.4, -0.2) is 36.5 Å². The lowest BCUT2D eigenvalue weighted by Gasteiger charge is -2.29. The average molecular weight is 473 g/mol. The number of ether oxygens (including phenoxy) is 2. The first kappa shape index (κ1) is 22.9. The maximum absolute atomic E-state index is 13.7. The number of hydrogen-bond acceptors (Lipinski definition) is 6. The van der Waals surface area contributed by atoms with E-state index in [0.717, 1.165) is 23.2 Å². The molecule has 2 aliphatic heterocycles. The number of hydrogen-bond donors (Lipinski definition) is 0. The van der Waals surface area contributed by atoms with E-state index in [9.17, 15) is 9.59 Å². The Bertz CT molecular complexity index is 1200. The van der Waals surface area contributed by atoms with Gasteiger partial charge in [0.05, 0.1) is 32.0 Å². The molecule has 0 N–H and O–H groups in total. The number of fused-ring (bicyclic) bond motifs is 1. The summed E-state index contributed by atoms with van der Waals surface area (Å²) in [7, 11) is 1.59. The number of carbonyl (C=O) groups excluding carboxylic acids is 2. The number of likely N-dealkylation sites (tertiary alicyclic amines) is 1. The highest BCUT2D eigenvalue weighted by Gasteiger charge is 2.59. The van der Waals surface area contributed by atoms with Crippen LogP contribution in [0.1, 0.15) is 30.5 Å². The van der Waals surface area contributed by atoms with E-state index >= 15 is 0 Å². The Morgan fingerprint density at radius 2 is 1.60 bits per heavy atom. The Balaban J connectivity index is 1.52. The second-order valence-electron chi connectivity index (χ2n) is 8.66. The van der Waals surface area contributed by atoms with Gasteiger partial charge in [0.15, 0.2) is 17.6 Å². The molecule has 2 saturated heterocycles. The maximum atomic E-state index is 13.7. The molecule has 0 aromatic heterocycles. The molecule has 7 heteroatoms. The molecule has 3 aromatic carbocycles. The summed E-state index contributed by atoms with van der Waals surface area (Å²) < 4.78 is 11.4. The Kier molecular flexibility index (Phi) is 6.42. The van der Waals surface area contributed by atoms with Crippen molar-refractivity contribution in [2.45, 2.75) is 32.0 Å². The minimum Gasteiger partial charge on any atom is -0.493 e. The molecule has 3 aromatic rings. The minimum atomic E-state index is -0.890. The summed E-state index contributed by atoms with van der Waals surface area (Å²) in [6.07, 6.45) is -0.0146. The molecule has 2 amide bonds. The van der Waals surface area contributed by atoms with Crippen LogP contribution in [0.3, 0.4) is 0 Å². The van der Waals surface area contributed by atoms with Crippen molar-refractivity contribution >= 4 is 17.5 Å². The Labute approximate surface area is 204 Å². The topological polar surface area (TPSA) is 68.3 Å². The molecule has 2 aliphatic rings. The van der Waals surface area contributed by atoms with E-state index in [1.807, 2.05) is 85.8 Å². The largest absolute Gasteiger partial charge is 0.493 e. The summed E-state index contributed by atoms with van der Waals surface area (Å²) in [5.74, 6) is -0.0251. The number of carbonyl (C=O) groups is 2. The fourth-order valence-corrected chi connectivity index (χ4v) is 4.73. The number of anilines is 1. The standard InChI is InChI=1S/C28H28N2O5/c1-3-16-34-22-15-14-20(17-23(22)33-2)25-24-26(35-30(25)21-12-8-5-9-13-21)28(32)29(27(24)31)18-19-10-6-4-7-11-19/h4-15,17,24-26H,3,16,18H2,1-2H3. The van der Waals surface area contributed by atoms with E-state index in [0.29, 0.717) is 18.1 Å². The number of amides is 2. The average Bonchev–Trinajstić information content (AvgIpc) is 3.40. The number of methoxy groups -OCH3 is 1. The van der Waals surface area contributed by atoms with Crippen LogP contribution in [0.25, 0.3) is 0 Å². The number of benzene rings is 3. The number of imide groups is 1. The molecule has 3 unspecified atom stereocenters. The third-order valence-corrected chi connectivity index (χ3v) is 6.39.